The van der Waals surface area contributed by atoms with Crippen LogP contribution in [-0.2, 0) is 17.9 Å². The molecule has 34 heavy (non-hydrogen) atoms. The first-order valence-electron chi connectivity index (χ1n) is 11.0. The number of anilines is 1. The van der Waals surface area contributed by atoms with E-state index < -0.39 is 0 Å². The van der Waals surface area contributed by atoms with Crippen molar-refractivity contribution in [1.29, 1.82) is 0 Å². The number of ether oxygens (including phenoxy) is 1. The maximum Gasteiger partial charge on any atom is 0.236 e. The molecule has 0 saturated heterocycles. The summed E-state index contributed by atoms with van der Waals surface area (Å²) in [6.45, 7) is 9.22. The maximum absolute atomic E-state index is 12.5. The lowest BCUT2D eigenvalue weighted by atomic mass is 10.1. The Morgan fingerprint density at radius 2 is 1.97 bits per heavy atom. The molecule has 0 aliphatic heterocycles. The van der Waals surface area contributed by atoms with Crippen LogP contribution in [0.4, 0.5) is 5.13 Å². The number of amides is 1. The molecule has 4 rings (SSSR count). The molecule has 0 radical (unpaired) electrons. The molecule has 1 amide bonds. The number of nitrogens with zero attached hydrogens (tertiary/aromatic N) is 4. The Morgan fingerprint density at radius 3 is 2.74 bits per heavy atom. The number of carbonyl (C=O) groups excluding carboxylic acids is 1. The fourth-order valence-electron chi connectivity index (χ4n) is 3.35. The minimum absolute atomic E-state index is 0.130. The van der Waals surface area contributed by atoms with Crippen LogP contribution < -0.4 is 10.1 Å². The minimum atomic E-state index is -0.130. The number of hydrogen-bond donors (Lipinski definition) is 1. The molecule has 0 aliphatic rings. The van der Waals surface area contributed by atoms with E-state index in [1.54, 1.807) is 0 Å². The molecule has 4 aromatic rings. The summed E-state index contributed by atoms with van der Waals surface area (Å²) >= 11 is 2.77. The largest absolute Gasteiger partial charge is 0.486 e. The summed E-state index contributed by atoms with van der Waals surface area (Å²) in [5, 5.41) is 14.6. The quantitative estimate of drug-likeness (QED) is 0.303. The normalized spacial score (nSPS) is 10.9. The van der Waals surface area contributed by atoms with Crippen LogP contribution in [0, 0.1) is 20.8 Å². The zero-order valence-corrected chi connectivity index (χ0v) is 21.3. The van der Waals surface area contributed by atoms with Gasteiger partial charge in [-0.2, -0.15) is 0 Å². The molecule has 176 valence electrons. The van der Waals surface area contributed by atoms with Crippen LogP contribution in [0.15, 0.2) is 53.0 Å². The van der Waals surface area contributed by atoms with Crippen LogP contribution in [0.1, 0.15) is 29.4 Å². The summed E-state index contributed by atoms with van der Waals surface area (Å²) in [5.74, 6) is 1.61. The van der Waals surface area contributed by atoms with E-state index in [1.165, 1.54) is 34.2 Å². The van der Waals surface area contributed by atoms with Gasteiger partial charge in [0.1, 0.15) is 12.4 Å². The zero-order valence-electron chi connectivity index (χ0n) is 19.7. The Bertz CT molecular complexity index is 1300. The van der Waals surface area contributed by atoms with Gasteiger partial charge in [-0.15, -0.1) is 21.5 Å². The van der Waals surface area contributed by atoms with Crippen molar-refractivity contribution in [2.24, 2.45) is 0 Å². The molecule has 7 nitrogen and oxygen atoms in total. The lowest BCUT2D eigenvalue weighted by molar-refractivity contribution is -0.113. The Balaban J connectivity index is 1.33. The van der Waals surface area contributed by atoms with Gasteiger partial charge in [0.2, 0.25) is 5.91 Å². The van der Waals surface area contributed by atoms with Gasteiger partial charge in [0.05, 0.1) is 11.4 Å². The Kier molecular flexibility index (Phi) is 7.64. The van der Waals surface area contributed by atoms with E-state index in [4.69, 9.17) is 4.74 Å². The molecule has 2 aromatic carbocycles. The summed E-state index contributed by atoms with van der Waals surface area (Å²) in [6, 6.07) is 14.1. The van der Waals surface area contributed by atoms with E-state index in [-0.39, 0.29) is 11.7 Å². The van der Waals surface area contributed by atoms with E-state index in [9.17, 15) is 4.79 Å². The first-order chi connectivity index (χ1) is 16.4. The molecule has 0 bridgehead atoms. The SMILES string of the molecule is CCn1c(COc2cccc(C)c2)nnc1SCC(=O)Nc1nc(-c2ccc(C)c(C)c2)cs1. The fraction of sp³-hybridized carbons (Fsp3) is 0.280. The van der Waals surface area contributed by atoms with Gasteiger partial charge in [-0.05, 0) is 62.6 Å². The predicted molar refractivity (Wildman–Crippen MR) is 138 cm³/mol. The van der Waals surface area contributed by atoms with Gasteiger partial charge >= 0.3 is 0 Å². The smallest absolute Gasteiger partial charge is 0.236 e. The number of carbonyl (C=O) groups is 1. The molecule has 2 aromatic heterocycles. The van der Waals surface area contributed by atoms with Crippen molar-refractivity contribution in [2.75, 3.05) is 11.1 Å². The molecule has 0 atom stereocenters. The van der Waals surface area contributed by atoms with Crippen LogP contribution in [0.2, 0.25) is 0 Å². The van der Waals surface area contributed by atoms with Crippen LogP contribution in [0.3, 0.4) is 0 Å². The number of nitrogens with one attached hydrogen (secondary N) is 1. The van der Waals surface area contributed by atoms with E-state index in [1.807, 2.05) is 48.1 Å². The average Bonchev–Trinajstić information content (AvgIpc) is 3.44. The molecule has 0 unspecified atom stereocenters. The van der Waals surface area contributed by atoms with Gasteiger partial charge in [0, 0.05) is 17.5 Å². The van der Waals surface area contributed by atoms with Gasteiger partial charge < -0.3 is 14.6 Å². The highest BCUT2D eigenvalue weighted by Gasteiger charge is 2.15. The molecule has 0 aliphatic carbocycles. The Hall–Kier alpha value is -3.17. The number of rotatable bonds is 9. The van der Waals surface area contributed by atoms with Crippen LogP contribution >= 0.6 is 23.1 Å². The number of thiazole rings is 1. The van der Waals surface area contributed by atoms with Crippen molar-refractivity contribution in [3.63, 3.8) is 0 Å². The maximum atomic E-state index is 12.5. The first-order valence-corrected chi connectivity index (χ1v) is 12.9. The predicted octanol–water partition coefficient (Wildman–Crippen LogP) is 5.66. The third-order valence-corrected chi connectivity index (χ3v) is 7.08. The number of aryl methyl sites for hydroxylation is 3. The molecular formula is C25H27N5O2S2. The lowest BCUT2D eigenvalue weighted by Crippen LogP contribution is -2.14. The third kappa shape index (κ3) is 5.84. The van der Waals surface area contributed by atoms with Crippen molar-refractivity contribution in [3.05, 3.63) is 70.4 Å². The zero-order chi connectivity index (χ0) is 24.1. The van der Waals surface area contributed by atoms with Crippen molar-refractivity contribution in [2.45, 2.75) is 46.0 Å². The van der Waals surface area contributed by atoms with E-state index in [0.29, 0.717) is 23.4 Å². The summed E-state index contributed by atoms with van der Waals surface area (Å²) in [4.78, 5) is 17.1. The highest BCUT2D eigenvalue weighted by atomic mass is 32.2. The minimum Gasteiger partial charge on any atom is -0.486 e. The first kappa shape index (κ1) is 24.0. The number of hydrogen-bond acceptors (Lipinski definition) is 7. The van der Waals surface area contributed by atoms with Gasteiger partial charge in [0.15, 0.2) is 16.1 Å². The van der Waals surface area contributed by atoms with E-state index >= 15 is 0 Å². The highest BCUT2D eigenvalue weighted by Crippen LogP contribution is 2.27. The number of aromatic nitrogens is 4. The third-order valence-electron chi connectivity index (χ3n) is 5.35. The average molecular weight is 494 g/mol. The van der Waals surface area contributed by atoms with Gasteiger partial charge in [-0.1, -0.05) is 36.0 Å². The molecule has 0 spiro atoms. The van der Waals surface area contributed by atoms with Crippen molar-refractivity contribution in [1.82, 2.24) is 19.7 Å². The Labute approximate surface area is 207 Å². The second-order valence-corrected chi connectivity index (χ2v) is 9.72. The van der Waals surface area contributed by atoms with Crippen molar-refractivity contribution < 1.29 is 9.53 Å². The molecule has 0 fully saturated rings. The van der Waals surface area contributed by atoms with E-state index in [0.717, 1.165) is 28.4 Å². The Morgan fingerprint density at radius 1 is 1.12 bits per heavy atom. The van der Waals surface area contributed by atoms with E-state index in [2.05, 4.69) is 52.5 Å². The summed E-state index contributed by atoms with van der Waals surface area (Å²) in [7, 11) is 0. The summed E-state index contributed by atoms with van der Waals surface area (Å²) < 4.78 is 7.83. The number of benzene rings is 2. The van der Waals surface area contributed by atoms with Crippen molar-refractivity contribution >= 4 is 34.1 Å². The van der Waals surface area contributed by atoms with Gasteiger partial charge in [-0.25, -0.2) is 4.98 Å². The summed E-state index contributed by atoms with van der Waals surface area (Å²) in [6.07, 6.45) is 0. The van der Waals surface area contributed by atoms with Crippen LogP contribution in [0.5, 0.6) is 5.75 Å². The monoisotopic (exact) mass is 493 g/mol. The fourth-order valence-corrected chi connectivity index (χ4v) is 4.91. The van der Waals surface area contributed by atoms with Crippen LogP contribution in [-0.4, -0.2) is 31.4 Å². The molecule has 2 heterocycles. The molecule has 9 heteroatoms. The standard InChI is InChI=1S/C25H27N5O2S2/c1-5-30-22(13-32-20-8-6-7-16(2)11-20)28-29-25(30)34-15-23(31)27-24-26-21(14-33-24)19-10-9-17(3)18(4)12-19/h6-12,14H,5,13,15H2,1-4H3,(H,26,27,31). The number of thioether (sulfide) groups is 1. The molecule has 0 saturated carbocycles. The second kappa shape index (κ2) is 10.8. The van der Waals surface area contributed by atoms with Crippen LogP contribution in [0.25, 0.3) is 11.3 Å². The van der Waals surface area contributed by atoms with Crippen molar-refractivity contribution in [3.8, 4) is 17.0 Å². The van der Waals surface area contributed by atoms with Gasteiger partial charge in [-0.3, -0.25) is 4.79 Å². The lowest BCUT2D eigenvalue weighted by Gasteiger charge is -2.09. The second-order valence-electron chi connectivity index (χ2n) is 7.92. The molecular weight excluding hydrogens is 466 g/mol. The van der Waals surface area contributed by atoms with Gasteiger partial charge in [0.25, 0.3) is 0 Å². The molecule has 1 N–H and O–H groups in total. The summed E-state index contributed by atoms with van der Waals surface area (Å²) in [5.41, 5.74) is 5.51. The topological polar surface area (TPSA) is 81.9 Å². The highest BCUT2D eigenvalue weighted by molar-refractivity contribution is 7.99.